The molecule has 0 amide bonds. The number of aromatic nitrogens is 1. The van der Waals surface area contributed by atoms with Gasteiger partial charge in [-0.1, -0.05) is 12.1 Å². The lowest BCUT2D eigenvalue weighted by Crippen LogP contribution is -2.13. The zero-order valence-electron chi connectivity index (χ0n) is 12.0. The molecule has 2 aromatic carbocycles. The molecule has 0 atom stereocenters. The van der Waals surface area contributed by atoms with Crippen molar-refractivity contribution in [1.82, 2.24) is 4.98 Å². The van der Waals surface area contributed by atoms with E-state index in [0.29, 0.717) is 16.8 Å². The normalized spacial score (nSPS) is 11.7. The van der Waals surface area contributed by atoms with E-state index in [1.807, 2.05) is 26.0 Å². The van der Waals surface area contributed by atoms with Crippen LogP contribution in [0.1, 0.15) is 11.1 Å². The van der Waals surface area contributed by atoms with Crippen molar-refractivity contribution in [2.24, 2.45) is 0 Å². The summed E-state index contributed by atoms with van der Waals surface area (Å²) in [7, 11) is -3.75. The third-order valence-corrected chi connectivity index (χ3v) is 4.70. The second kappa shape index (κ2) is 5.03. The Bertz CT molecular complexity index is 1020. The maximum Gasteiger partial charge on any atom is 0.417 e. The number of rotatable bonds is 3. The maximum atomic E-state index is 12.5. The van der Waals surface area contributed by atoms with Crippen LogP contribution in [-0.4, -0.2) is 13.4 Å². The first-order valence-electron chi connectivity index (χ1n) is 6.58. The van der Waals surface area contributed by atoms with Crippen molar-refractivity contribution < 1.29 is 12.8 Å². The van der Waals surface area contributed by atoms with Crippen LogP contribution < -0.4 is 10.5 Å². The van der Waals surface area contributed by atoms with Crippen molar-refractivity contribution in [1.29, 1.82) is 0 Å². The lowest BCUT2D eigenvalue weighted by molar-refractivity contribution is 0.555. The van der Waals surface area contributed by atoms with Gasteiger partial charge in [0, 0.05) is 0 Å². The van der Waals surface area contributed by atoms with E-state index in [1.54, 1.807) is 6.07 Å². The van der Waals surface area contributed by atoms with Crippen molar-refractivity contribution in [3.8, 4) is 0 Å². The first-order valence-corrected chi connectivity index (χ1v) is 8.06. The van der Waals surface area contributed by atoms with Crippen LogP contribution in [-0.2, 0) is 10.0 Å². The summed E-state index contributed by atoms with van der Waals surface area (Å²) in [5.41, 5.74) is 2.97. The molecule has 2 N–H and O–H groups in total. The van der Waals surface area contributed by atoms with E-state index in [0.717, 1.165) is 11.1 Å². The second-order valence-electron chi connectivity index (χ2n) is 5.10. The number of benzene rings is 2. The van der Waals surface area contributed by atoms with Crippen LogP contribution >= 0.6 is 0 Å². The molecule has 7 heteroatoms. The third-order valence-electron chi connectivity index (χ3n) is 3.34. The quantitative estimate of drug-likeness (QED) is 0.776. The minimum Gasteiger partial charge on any atom is -0.408 e. The Morgan fingerprint density at radius 2 is 1.86 bits per heavy atom. The summed E-state index contributed by atoms with van der Waals surface area (Å²) in [4.78, 5) is 13.6. The fraction of sp³-hybridized carbons (Fsp3) is 0.133. The number of oxazole rings is 1. The van der Waals surface area contributed by atoms with E-state index in [-0.39, 0.29) is 4.90 Å². The summed E-state index contributed by atoms with van der Waals surface area (Å²) in [5.74, 6) is -0.618. The molecule has 3 aromatic rings. The summed E-state index contributed by atoms with van der Waals surface area (Å²) in [6.45, 7) is 3.72. The molecule has 1 heterocycles. The summed E-state index contributed by atoms with van der Waals surface area (Å²) in [6.07, 6.45) is 0. The summed E-state index contributed by atoms with van der Waals surface area (Å²) >= 11 is 0. The van der Waals surface area contributed by atoms with E-state index < -0.39 is 15.8 Å². The number of H-pyrrole nitrogens is 1. The SMILES string of the molecule is Cc1ccc(C)c(NS(=O)(=O)c2ccc3oc(=O)[nH]c3c2)c1. The molecule has 114 valence electrons. The van der Waals surface area contributed by atoms with Crippen molar-refractivity contribution in [3.05, 3.63) is 58.1 Å². The van der Waals surface area contributed by atoms with Crippen LogP contribution in [0.5, 0.6) is 0 Å². The van der Waals surface area contributed by atoms with Gasteiger partial charge in [-0.15, -0.1) is 0 Å². The number of aryl methyl sites for hydroxylation is 2. The van der Waals surface area contributed by atoms with Crippen molar-refractivity contribution in [2.75, 3.05) is 4.72 Å². The molecule has 6 nitrogen and oxygen atoms in total. The van der Waals surface area contributed by atoms with Crippen LogP contribution in [0, 0.1) is 13.8 Å². The Balaban J connectivity index is 2.03. The zero-order valence-corrected chi connectivity index (χ0v) is 12.8. The summed E-state index contributed by atoms with van der Waals surface area (Å²) in [5, 5.41) is 0. The van der Waals surface area contributed by atoms with E-state index in [1.165, 1.54) is 18.2 Å². The highest BCUT2D eigenvalue weighted by atomic mass is 32.2. The highest BCUT2D eigenvalue weighted by molar-refractivity contribution is 7.92. The van der Waals surface area contributed by atoms with E-state index in [2.05, 4.69) is 9.71 Å². The van der Waals surface area contributed by atoms with Crippen LogP contribution in [0.3, 0.4) is 0 Å². The Hall–Kier alpha value is -2.54. The number of anilines is 1. The van der Waals surface area contributed by atoms with Gasteiger partial charge in [-0.25, -0.2) is 13.2 Å². The van der Waals surface area contributed by atoms with Gasteiger partial charge in [-0.3, -0.25) is 9.71 Å². The second-order valence-corrected chi connectivity index (χ2v) is 6.78. The van der Waals surface area contributed by atoms with Gasteiger partial charge in [0.25, 0.3) is 10.0 Å². The Labute approximate surface area is 126 Å². The van der Waals surface area contributed by atoms with Gasteiger partial charge in [-0.05, 0) is 49.2 Å². The largest absolute Gasteiger partial charge is 0.417 e. The number of nitrogens with one attached hydrogen (secondary N) is 2. The molecule has 0 spiro atoms. The molecule has 0 saturated heterocycles. The molecule has 1 aromatic heterocycles. The molecule has 0 aliphatic rings. The molecule has 0 bridgehead atoms. The molecule has 0 unspecified atom stereocenters. The van der Waals surface area contributed by atoms with Gasteiger partial charge in [0.15, 0.2) is 5.58 Å². The third kappa shape index (κ3) is 2.62. The van der Waals surface area contributed by atoms with Crippen LogP contribution in [0.15, 0.2) is 50.5 Å². The number of hydrogen-bond donors (Lipinski definition) is 2. The topological polar surface area (TPSA) is 92.2 Å². The average molecular weight is 318 g/mol. The van der Waals surface area contributed by atoms with Crippen LogP contribution in [0.4, 0.5) is 5.69 Å². The summed E-state index contributed by atoms with van der Waals surface area (Å²) < 4.78 is 32.4. The first kappa shape index (κ1) is 14.4. The molecule has 0 radical (unpaired) electrons. The minimum atomic E-state index is -3.75. The van der Waals surface area contributed by atoms with Crippen molar-refractivity contribution in [3.63, 3.8) is 0 Å². The molecule has 0 aliphatic carbocycles. The minimum absolute atomic E-state index is 0.0537. The molecule has 22 heavy (non-hydrogen) atoms. The predicted octanol–water partition coefficient (Wildman–Crippen LogP) is 2.54. The highest BCUT2D eigenvalue weighted by Gasteiger charge is 2.17. The molecular formula is C15H14N2O4S. The lowest BCUT2D eigenvalue weighted by atomic mass is 10.1. The number of fused-ring (bicyclic) bond motifs is 1. The number of hydrogen-bond acceptors (Lipinski definition) is 4. The molecule has 0 fully saturated rings. The van der Waals surface area contributed by atoms with Crippen LogP contribution in [0.25, 0.3) is 11.1 Å². The standard InChI is InChI=1S/C15H14N2O4S/c1-9-3-4-10(2)12(7-9)17-22(19,20)11-5-6-14-13(8-11)16-15(18)21-14/h3-8,17H,1-2H3,(H,16,18). The van der Waals surface area contributed by atoms with Crippen molar-refractivity contribution >= 4 is 26.8 Å². The molecule has 0 aliphatic heterocycles. The fourth-order valence-corrected chi connectivity index (χ4v) is 3.30. The van der Waals surface area contributed by atoms with Crippen molar-refractivity contribution in [2.45, 2.75) is 18.7 Å². The predicted molar refractivity (Wildman–Crippen MR) is 83.6 cm³/mol. The molecule has 3 rings (SSSR count). The fourth-order valence-electron chi connectivity index (χ4n) is 2.15. The van der Waals surface area contributed by atoms with Gasteiger partial charge in [0.1, 0.15) is 0 Å². The Morgan fingerprint density at radius 1 is 1.09 bits per heavy atom. The van der Waals surface area contributed by atoms with E-state index >= 15 is 0 Å². The maximum absolute atomic E-state index is 12.5. The smallest absolute Gasteiger partial charge is 0.408 e. The number of aromatic amines is 1. The van der Waals surface area contributed by atoms with Gasteiger partial charge in [0.05, 0.1) is 16.1 Å². The van der Waals surface area contributed by atoms with Crippen LogP contribution in [0.2, 0.25) is 0 Å². The highest BCUT2D eigenvalue weighted by Crippen LogP contribution is 2.22. The summed E-state index contributed by atoms with van der Waals surface area (Å²) in [6, 6.07) is 9.75. The van der Waals surface area contributed by atoms with E-state index in [9.17, 15) is 13.2 Å². The monoisotopic (exact) mass is 318 g/mol. The Kier molecular flexibility index (Phi) is 3.29. The van der Waals surface area contributed by atoms with Gasteiger partial charge in [0.2, 0.25) is 0 Å². The van der Waals surface area contributed by atoms with Gasteiger partial charge < -0.3 is 4.42 Å². The first-order chi connectivity index (χ1) is 10.3. The van der Waals surface area contributed by atoms with E-state index in [4.69, 9.17) is 4.42 Å². The average Bonchev–Trinajstić information content (AvgIpc) is 2.81. The van der Waals surface area contributed by atoms with Gasteiger partial charge >= 0.3 is 5.76 Å². The molecule has 0 saturated carbocycles. The van der Waals surface area contributed by atoms with Gasteiger partial charge in [-0.2, -0.15) is 0 Å². The lowest BCUT2D eigenvalue weighted by Gasteiger charge is -2.11. The number of sulfonamides is 1. The zero-order chi connectivity index (χ0) is 15.9. The Morgan fingerprint density at radius 3 is 2.64 bits per heavy atom. The molecular weight excluding hydrogens is 304 g/mol.